The lowest BCUT2D eigenvalue weighted by atomic mass is 10.2. The molecule has 0 saturated carbocycles. The van der Waals surface area contributed by atoms with E-state index in [0.717, 1.165) is 17.8 Å². The Morgan fingerprint density at radius 3 is 2.42 bits per heavy atom. The lowest BCUT2D eigenvalue weighted by Crippen LogP contribution is -2.06. The first-order valence-electron chi connectivity index (χ1n) is 6.54. The molecule has 9 heteroatoms. The fourth-order valence-corrected chi connectivity index (χ4v) is 2.93. The van der Waals surface area contributed by atoms with Crippen molar-refractivity contribution < 1.29 is 13.2 Å². The summed E-state index contributed by atoms with van der Waals surface area (Å²) in [5.74, 6) is 0.113. The monoisotopic (exact) mass is 389 g/mol. The summed E-state index contributed by atoms with van der Waals surface area (Å²) in [7, 11) is 0. The van der Waals surface area contributed by atoms with Crippen LogP contribution >= 0.6 is 34.5 Å². The summed E-state index contributed by atoms with van der Waals surface area (Å²) in [4.78, 5) is 8.08. The fraction of sp³-hybridized carbons (Fsp3) is 0.0667. The first-order valence-corrected chi connectivity index (χ1v) is 8.18. The molecule has 2 heterocycles. The molecular weight excluding hydrogens is 382 g/mol. The number of halogens is 5. The minimum absolute atomic E-state index is 0.113. The number of nitrogens with one attached hydrogen (secondary N) is 1. The number of anilines is 2. The lowest BCUT2D eigenvalue weighted by Gasteiger charge is -2.09. The van der Waals surface area contributed by atoms with E-state index in [1.165, 1.54) is 11.3 Å². The summed E-state index contributed by atoms with van der Waals surface area (Å²) < 4.78 is 37.8. The maximum atomic E-state index is 12.6. The molecule has 1 aromatic carbocycles. The predicted octanol–water partition coefficient (Wildman–Crippen LogP) is 6.27. The van der Waals surface area contributed by atoms with Crippen molar-refractivity contribution in [1.29, 1.82) is 0 Å². The zero-order chi connectivity index (χ0) is 17.3. The van der Waals surface area contributed by atoms with E-state index in [0.29, 0.717) is 15.8 Å². The van der Waals surface area contributed by atoms with Crippen LogP contribution in [0.2, 0.25) is 10.0 Å². The van der Waals surface area contributed by atoms with Crippen LogP contribution in [0.25, 0.3) is 11.3 Å². The predicted molar refractivity (Wildman–Crippen MR) is 90.1 cm³/mol. The van der Waals surface area contributed by atoms with Gasteiger partial charge < -0.3 is 5.32 Å². The highest BCUT2D eigenvalue weighted by Crippen LogP contribution is 2.34. The van der Waals surface area contributed by atoms with Crippen molar-refractivity contribution in [3.8, 4) is 11.3 Å². The van der Waals surface area contributed by atoms with Crippen LogP contribution in [0, 0.1) is 0 Å². The van der Waals surface area contributed by atoms with E-state index in [2.05, 4.69) is 15.3 Å². The highest BCUT2D eigenvalue weighted by Gasteiger charge is 2.31. The molecule has 0 aliphatic rings. The number of benzene rings is 1. The smallest absolute Gasteiger partial charge is 0.315 e. The first-order chi connectivity index (χ1) is 11.3. The average Bonchev–Trinajstić information content (AvgIpc) is 2.97. The molecule has 0 bridgehead atoms. The summed E-state index contributed by atoms with van der Waals surface area (Å²) in [6.45, 7) is 0. The van der Waals surface area contributed by atoms with Crippen LogP contribution in [-0.2, 0) is 6.18 Å². The van der Waals surface area contributed by atoms with Gasteiger partial charge >= 0.3 is 6.18 Å². The third-order valence-electron chi connectivity index (χ3n) is 3.04. The molecule has 0 radical (unpaired) electrons. The van der Waals surface area contributed by atoms with E-state index in [1.54, 1.807) is 12.1 Å². The Balaban J connectivity index is 1.81. The fourth-order valence-electron chi connectivity index (χ4n) is 1.87. The molecule has 0 aliphatic heterocycles. The molecule has 0 saturated heterocycles. The van der Waals surface area contributed by atoms with Crippen LogP contribution in [0.4, 0.5) is 24.1 Å². The quantitative estimate of drug-likeness (QED) is 0.573. The van der Waals surface area contributed by atoms with E-state index in [4.69, 9.17) is 23.2 Å². The van der Waals surface area contributed by atoms with Crippen molar-refractivity contribution in [3.63, 3.8) is 0 Å². The van der Waals surface area contributed by atoms with Crippen LogP contribution in [0.15, 0.2) is 41.9 Å². The van der Waals surface area contributed by atoms with Crippen LogP contribution in [0.5, 0.6) is 0 Å². The van der Waals surface area contributed by atoms with Crippen molar-refractivity contribution in [1.82, 2.24) is 9.97 Å². The van der Waals surface area contributed by atoms with E-state index >= 15 is 0 Å². The van der Waals surface area contributed by atoms with Crippen molar-refractivity contribution >= 4 is 45.5 Å². The molecule has 3 nitrogen and oxygen atoms in total. The zero-order valence-corrected chi connectivity index (χ0v) is 14.1. The highest BCUT2D eigenvalue weighted by atomic mass is 35.5. The summed E-state index contributed by atoms with van der Waals surface area (Å²) in [5, 5.41) is 5.59. The van der Waals surface area contributed by atoms with Gasteiger partial charge in [0.2, 0.25) is 0 Å². The zero-order valence-electron chi connectivity index (χ0n) is 11.7. The summed E-state index contributed by atoms with van der Waals surface area (Å²) in [5.41, 5.74) is 0.677. The Hall–Kier alpha value is -1.83. The van der Waals surface area contributed by atoms with Crippen LogP contribution in [0.3, 0.4) is 0 Å². The van der Waals surface area contributed by atoms with Crippen LogP contribution in [0.1, 0.15) is 5.56 Å². The van der Waals surface area contributed by atoms with E-state index in [1.807, 2.05) is 17.5 Å². The molecule has 0 atom stereocenters. The number of nitrogens with zero attached hydrogens (tertiary/aromatic N) is 2. The van der Waals surface area contributed by atoms with E-state index in [9.17, 15) is 13.2 Å². The molecule has 3 aromatic rings. The lowest BCUT2D eigenvalue weighted by molar-refractivity contribution is -0.137. The van der Waals surface area contributed by atoms with Gasteiger partial charge in [0, 0.05) is 22.2 Å². The summed E-state index contributed by atoms with van der Waals surface area (Å²) in [6.07, 6.45) is -3.76. The van der Waals surface area contributed by atoms with Gasteiger partial charge in [-0.1, -0.05) is 35.3 Å². The summed E-state index contributed by atoms with van der Waals surface area (Å²) >= 11 is 13.0. The van der Waals surface area contributed by atoms with Gasteiger partial charge in [-0.3, -0.25) is 0 Å². The second-order valence-corrected chi connectivity index (χ2v) is 6.42. The number of hydrogen-bond donors (Lipinski definition) is 1. The molecule has 0 amide bonds. The Kier molecular flexibility index (Phi) is 4.67. The maximum absolute atomic E-state index is 12.6. The van der Waals surface area contributed by atoms with Crippen molar-refractivity contribution in [2.45, 2.75) is 6.18 Å². The van der Waals surface area contributed by atoms with E-state index < -0.39 is 11.7 Å². The minimum atomic E-state index is -4.49. The average molecular weight is 390 g/mol. The SMILES string of the molecule is FC(F)(F)c1cnc(Nc2nc(-c3ccc(Cl)cc3)cs2)c(Cl)c1. The molecule has 2 aromatic heterocycles. The Bertz CT molecular complexity index is 863. The molecule has 1 N–H and O–H groups in total. The number of thiazole rings is 1. The molecule has 0 spiro atoms. The standard InChI is InChI=1S/C15H8Cl2F3N3S/c16-10-3-1-8(2-4-10)12-7-24-14(22-12)23-13-11(17)5-9(6-21-13)15(18,19)20/h1-7H,(H,21,22,23). The first kappa shape index (κ1) is 17.0. The second-order valence-electron chi connectivity index (χ2n) is 4.72. The molecule has 24 heavy (non-hydrogen) atoms. The normalized spacial score (nSPS) is 11.5. The Morgan fingerprint density at radius 1 is 1.08 bits per heavy atom. The van der Waals surface area contributed by atoms with Gasteiger partial charge in [0.25, 0.3) is 0 Å². The highest BCUT2D eigenvalue weighted by molar-refractivity contribution is 7.14. The van der Waals surface area contributed by atoms with Gasteiger partial charge in [-0.15, -0.1) is 11.3 Å². The summed E-state index contributed by atoms with van der Waals surface area (Å²) in [6, 6.07) is 7.97. The number of hydrogen-bond acceptors (Lipinski definition) is 4. The molecule has 0 unspecified atom stereocenters. The van der Waals surface area contributed by atoms with Gasteiger partial charge in [0.1, 0.15) is 0 Å². The Morgan fingerprint density at radius 2 is 1.79 bits per heavy atom. The van der Waals surface area contributed by atoms with Crippen molar-refractivity contribution in [2.24, 2.45) is 0 Å². The largest absolute Gasteiger partial charge is 0.417 e. The van der Waals surface area contributed by atoms with Gasteiger partial charge in [0.15, 0.2) is 10.9 Å². The van der Waals surface area contributed by atoms with Gasteiger partial charge in [-0.05, 0) is 18.2 Å². The molecule has 124 valence electrons. The number of aromatic nitrogens is 2. The van der Waals surface area contributed by atoms with Crippen LogP contribution in [-0.4, -0.2) is 9.97 Å². The Labute approximate surface area is 149 Å². The van der Waals surface area contributed by atoms with Gasteiger partial charge in [0.05, 0.1) is 16.3 Å². The maximum Gasteiger partial charge on any atom is 0.417 e. The number of alkyl halides is 3. The topological polar surface area (TPSA) is 37.8 Å². The second kappa shape index (κ2) is 6.58. The van der Waals surface area contributed by atoms with Crippen molar-refractivity contribution in [3.05, 3.63) is 57.5 Å². The number of pyridine rings is 1. The number of rotatable bonds is 3. The molecule has 0 aliphatic carbocycles. The van der Waals surface area contributed by atoms with Gasteiger partial charge in [-0.25, -0.2) is 9.97 Å². The molecular formula is C15H8Cl2F3N3S. The molecule has 3 rings (SSSR count). The minimum Gasteiger partial charge on any atom is -0.315 e. The van der Waals surface area contributed by atoms with Crippen LogP contribution < -0.4 is 5.32 Å². The van der Waals surface area contributed by atoms with E-state index in [-0.39, 0.29) is 10.8 Å². The molecule has 0 fully saturated rings. The third kappa shape index (κ3) is 3.80. The van der Waals surface area contributed by atoms with Crippen molar-refractivity contribution in [2.75, 3.05) is 5.32 Å². The third-order valence-corrected chi connectivity index (χ3v) is 4.34. The van der Waals surface area contributed by atoms with Gasteiger partial charge in [-0.2, -0.15) is 13.2 Å².